The predicted octanol–water partition coefficient (Wildman–Crippen LogP) is 5.57. The number of hydrogen-bond donors (Lipinski definition) is 2. The van der Waals surface area contributed by atoms with E-state index in [0.717, 1.165) is 28.5 Å². The number of allylic oxidation sites excluding steroid dienone is 2. The average molecular weight is 565 g/mol. The largest absolute Gasteiger partial charge is 0.511 e. The van der Waals surface area contributed by atoms with E-state index in [-0.39, 0.29) is 36.3 Å². The van der Waals surface area contributed by atoms with Crippen molar-refractivity contribution in [2.75, 3.05) is 6.61 Å². The van der Waals surface area contributed by atoms with Crippen LogP contribution in [0.2, 0.25) is 0 Å². The maximum atomic E-state index is 12.3. The van der Waals surface area contributed by atoms with Crippen molar-refractivity contribution in [1.29, 1.82) is 0 Å². The van der Waals surface area contributed by atoms with Gasteiger partial charge in [-0.2, -0.15) is 0 Å². The van der Waals surface area contributed by atoms with Crippen LogP contribution in [0.5, 0.6) is 0 Å². The van der Waals surface area contributed by atoms with Crippen LogP contribution in [-0.2, 0) is 43.6 Å². The lowest BCUT2D eigenvalue weighted by Gasteiger charge is -2.44. The van der Waals surface area contributed by atoms with Crippen molar-refractivity contribution in [1.82, 2.24) is 0 Å². The van der Waals surface area contributed by atoms with Gasteiger partial charge in [0.25, 0.3) is 0 Å². The first kappa shape index (κ1) is 30.0. The lowest BCUT2D eigenvalue weighted by molar-refractivity contribution is -0.261. The molecular formula is C32H36O7S. The second-order valence-electron chi connectivity index (χ2n) is 9.64. The first-order valence-corrected chi connectivity index (χ1v) is 14.1. The molecule has 7 nitrogen and oxygen atoms in total. The fourth-order valence-corrected chi connectivity index (χ4v) is 5.66. The van der Waals surface area contributed by atoms with Gasteiger partial charge in [-0.3, -0.25) is 4.79 Å². The Morgan fingerprint density at radius 3 is 1.73 bits per heavy atom. The zero-order valence-corrected chi connectivity index (χ0v) is 23.5. The van der Waals surface area contributed by atoms with Crippen LogP contribution < -0.4 is 0 Å². The fourth-order valence-electron chi connectivity index (χ4n) is 4.51. The van der Waals surface area contributed by atoms with Gasteiger partial charge < -0.3 is 29.2 Å². The molecule has 212 valence electrons. The Balaban J connectivity index is 1.60. The summed E-state index contributed by atoms with van der Waals surface area (Å²) >= 11 is 1.04. The molecule has 0 bridgehead atoms. The summed E-state index contributed by atoms with van der Waals surface area (Å²) in [7, 11) is 0. The molecule has 1 aliphatic rings. The van der Waals surface area contributed by atoms with Crippen LogP contribution in [0.25, 0.3) is 0 Å². The normalized spacial score (nSPS) is 23.4. The molecule has 1 heterocycles. The van der Waals surface area contributed by atoms with Crippen molar-refractivity contribution in [2.24, 2.45) is 0 Å². The standard InChI is InChI=1S/C32H36O7S/c1-22(33)30(23(2)34)40-31-29(38-20-26-16-10-5-11-17-26)28(37-19-25-14-8-4-9-15-25)27(39-32(31)35)21-36-18-24-12-6-3-7-13-24/h3-17,27-29,31-33,35H,18-21H2,1-2H3/b30-22+/t27-,28-,29+,31-,32?/m1/s1. The summed E-state index contributed by atoms with van der Waals surface area (Å²) < 4.78 is 25.0. The van der Waals surface area contributed by atoms with Gasteiger partial charge >= 0.3 is 0 Å². The highest BCUT2D eigenvalue weighted by Crippen LogP contribution is 2.38. The van der Waals surface area contributed by atoms with Crippen molar-refractivity contribution in [3.8, 4) is 0 Å². The van der Waals surface area contributed by atoms with Crippen molar-refractivity contribution >= 4 is 17.5 Å². The quantitative estimate of drug-likeness (QED) is 0.206. The molecule has 0 aromatic heterocycles. The third kappa shape index (κ3) is 8.51. The van der Waals surface area contributed by atoms with Crippen molar-refractivity contribution < 1.29 is 34.0 Å². The number of aliphatic hydroxyl groups excluding tert-OH is 2. The number of ether oxygens (including phenoxy) is 4. The van der Waals surface area contributed by atoms with E-state index in [2.05, 4.69) is 0 Å². The van der Waals surface area contributed by atoms with Gasteiger partial charge in [-0.25, -0.2) is 0 Å². The molecule has 1 unspecified atom stereocenters. The SMILES string of the molecule is CC(=O)/C(S[C@H]1C(O)O[C@H](COCc2ccccc2)[C@@H](OCc2ccccc2)[C@@H]1OCc1ccccc1)=C(/C)O. The van der Waals surface area contributed by atoms with Crippen molar-refractivity contribution in [3.63, 3.8) is 0 Å². The molecule has 4 rings (SSSR count). The number of benzene rings is 3. The Bertz CT molecular complexity index is 1220. The predicted molar refractivity (Wildman–Crippen MR) is 154 cm³/mol. The molecule has 0 saturated carbocycles. The fraction of sp³-hybridized carbons (Fsp3) is 0.344. The maximum Gasteiger partial charge on any atom is 0.170 e. The number of carbonyl (C=O) groups is 1. The van der Waals surface area contributed by atoms with Gasteiger partial charge in [-0.15, -0.1) is 11.8 Å². The van der Waals surface area contributed by atoms with Gasteiger partial charge in [0.2, 0.25) is 0 Å². The Morgan fingerprint density at radius 2 is 1.25 bits per heavy atom. The van der Waals surface area contributed by atoms with E-state index in [1.807, 2.05) is 91.0 Å². The number of hydrogen-bond acceptors (Lipinski definition) is 8. The number of rotatable bonds is 13. The van der Waals surface area contributed by atoms with E-state index >= 15 is 0 Å². The molecule has 2 N–H and O–H groups in total. The number of ketones is 1. The molecule has 1 fully saturated rings. The Kier molecular flexibility index (Phi) is 11.3. The molecule has 3 aromatic carbocycles. The van der Waals surface area contributed by atoms with Crippen LogP contribution in [0.1, 0.15) is 30.5 Å². The van der Waals surface area contributed by atoms with E-state index in [4.69, 9.17) is 18.9 Å². The van der Waals surface area contributed by atoms with E-state index < -0.39 is 29.9 Å². The average Bonchev–Trinajstić information content (AvgIpc) is 2.96. The third-order valence-electron chi connectivity index (χ3n) is 6.48. The lowest BCUT2D eigenvalue weighted by atomic mass is 10.00. The summed E-state index contributed by atoms with van der Waals surface area (Å²) in [5.41, 5.74) is 2.94. The van der Waals surface area contributed by atoms with Gasteiger partial charge in [0.1, 0.15) is 24.1 Å². The minimum absolute atomic E-state index is 0.124. The maximum absolute atomic E-state index is 12.3. The van der Waals surface area contributed by atoms with Crippen molar-refractivity contribution in [2.45, 2.75) is 63.5 Å². The number of carbonyl (C=O) groups excluding carboxylic acids is 1. The van der Waals surface area contributed by atoms with Gasteiger partial charge in [-0.1, -0.05) is 91.0 Å². The van der Waals surface area contributed by atoms with E-state index in [1.165, 1.54) is 13.8 Å². The molecule has 1 saturated heterocycles. The molecule has 0 aliphatic carbocycles. The van der Waals surface area contributed by atoms with Crippen molar-refractivity contribution in [3.05, 3.63) is 118 Å². The van der Waals surface area contributed by atoms with E-state index in [1.54, 1.807) is 0 Å². The zero-order valence-electron chi connectivity index (χ0n) is 22.7. The summed E-state index contributed by atoms with van der Waals surface area (Å²) in [5.74, 6) is -0.435. The number of aliphatic hydroxyl groups is 2. The van der Waals surface area contributed by atoms with Gasteiger partial charge in [0.15, 0.2) is 12.1 Å². The summed E-state index contributed by atoms with van der Waals surface area (Å²) in [6.45, 7) is 3.90. The zero-order chi connectivity index (χ0) is 28.3. The van der Waals surface area contributed by atoms with E-state index in [9.17, 15) is 15.0 Å². The number of Topliss-reactive ketones (excluding diaryl/α,β-unsaturated/α-hetero) is 1. The molecule has 1 aliphatic heterocycles. The minimum Gasteiger partial charge on any atom is -0.511 e. The number of thioether (sulfide) groups is 1. The second kappa shape index (κ2) is 15.1. The molecular weight excluding hydrogens is 528 g/mol. The molecule has 3 aromatic rings. The topological polar surface area (TPSA) is 94.5 Å². The lowest BCUT2D eigenvalue weighted by Crippen LogP contribution is -2.59. The molecule has 0 spiro atoms. The molecule has 5 atom stereocenters. The molecule has 0 amide bonds. The van der Waals surface area contributed by atoms with Crippen LogP contribution >= 0.6 is 11.8 Å². The van der Waals surface area contributed by atoms with Gasteiger partial charge in [0.05, 0.1) is 36.6 Å². The highest BCUT2D eigenvalue weighted by molar-refractivity contribution is 8.04. The Labute approximate surface area is 239 Å². The highest BCUT2D eigenvalue weighted by Gasteiger charge is 2.48. The van der Waals surface area contributed by atoms with Crippen LogP contribution in [0, 0.1) is 0 Å². The van der Waals surface area contributed by atoms with Crippen LogP contribution in [-0.4, -0.2) is 52.5 Å². The minimum atomic E-state index is -1.30. The van der Waals surface area contributed by atoms with Crippen LogP contribution in [0.15, 0.2) is 102 Å². The Hall–Kier alpha value is -2.98. The Morgan fingerprint density at radius 1 is 0.775 bits per heavy atom. The van der Waals surface area contributed by atoms with E-state index in [0.29, 0.717) is 6.61 Å². The smallest absolute Gasteiger partial charge is 0.170 e. The summed E-state index contributed by atoms with van der Waals surface area (Å²) in [5, 5.41) is 20.6. The van der Waals surface area contributed by atoms with Gasteiger partial charge in [-0.05, 0) is 30.5 Å². The summed E-state index contributed by atoms with van der Waals surface area (Å²) in [6, 6.07) is 29.3. The monoisotopic (exact) mass is 564 g/mol. The van der Waals surface area contributed by atoms with Gasteiger partial charge in [0, 0.05) is 0 Å². The van der Waals surface area contributed by atoms with Crippen LogP contribution in [0.3, 0.4) is 0 Å². The molecule has 8 heteroatoms. The third-order valence-corrected chi connectivity index (χ3v) is 8.07. The molecule has 40 heavy (non-hydrogen) atoms. The second-order valence-corrected chi connectivity index (χ2v) is 10.8. The highest BCUT2D eigenvalue weighted by atomic mass is 32.2. The summed E-state index contributed by atoms with van der Waals surface area (Å²) in [4.78, 5) is 12.5. The first-order valence-electron chi connectivity index (χ1n) is 13.3. The van der Waals surface area contributed by atoms with Crippen LogP contribution in [0.4, 0.5) is 0 Å². The first-order chi connectivity index (χ1) is 19.4. The summed E-state index contributed by atoms with van der Waals surface area (Å²) in [6.07, 6.45) is -3.30. The molecule has 0 radical (unpaired) electrons.